The number of benzene rings is 1. The Hall–Kier alpha value is -2.99. The van der Waals surface area contributed by atoms with E-state index in [0.29, 0.717) is 40.9 Å². The highest BCUT2D eigenvalue weighted by Gasteiger charge is 2.33. The maximum Gasteiger partial charge on any atom is 0.416 e. The third-order valence-electron chi connectivity index (χ3n) is 5.07. The van der Waals surface area contributed by atoms with E-state index < -0.39 is 11.7 Å². The van der Waals surface area contributed by atoms with E-state index in [0.717, 1.165) is 34.2 Å². The predicted molar refractivity (Wildman–Crippen MR) is 119 cm³/mol. The van der Waals surface area contributed by atoms with E-state index in [-0.39, 0.29) is 18.5 Å². The molecular weight excluding hydrogens is 475 g/mol. The first-order chi connectivity index (χ1) is 15.6. The number of halogens is 3. The van der Waals surface area contributed by atoms with E-state index in [1.165, 1.54) is 28.4 Å². The number of rotatable bonds is 6. The number of urea groups is 1. The van der Waals surface area contributed by atoms with Crippen LogP contribution in [0.25, 0.3) is 0 Å². The lowest BCUT2D eigenvalue weighted by molar-refractivity contribution is -0.137. The van der Waals surface area contributed by atoms with Crippen molar-refractivity contribution in [2.45, 2.75) is 33.1 Å². The fourth-order valence-electron chi connectivity index (χ4n) is 3.38. The molecule has 174 valence electrons. The minimum atomic E-state index is -4.40. The monoisotopic (exact) mass is 495 g/mol. The van der Waals surface area contributed by atoms with Crippen molar-refractivity contribution >= 4 is 39.7 Å². The Morgan fingerprint density at radius 1 is 1.15 bits per heavy atom. The fourth-order valence-corrected chi connectivity index (χ4v) is 4.99. The summed E-state index contributed by atoms with van der Waals surface area (Å²) in [6.07, 6.45) is -4.40. The molecule has 12 heteroatoms. The number of nitrogens with one attached hydrogen (secondary N) is 1. The van der Waals surface area contributed by atoms with E-state index in [4.69, 9.17) is 0 Å². The molecule has 0 unspecified atom stereocenters. The number of carbonyl (C=O) groups is 2. The van der Waals surface area contributed by atoms with Gasteiger partial charge in [0.05, 0.1) is 28.5 Å². The molecule has 33 heavy (non-hydrogen) atoms. The van der Waals surface area contributed by atoms with Gasteiger partial charge in [0.2, 0.25) is 0 Å². The zero-order valence-corrected chi connectivity index (χ0v) is 19.4. The van der Waals surface area contributed by atoms with Crippen LogP contribution in [-0.2, 0) is 19.3 Å². The summed E-state index contributed by atoms with van der Waals surface area (Å²) in [5.41, 5.74) is 1.18. The van der Waals surface area contributed by atoms with E-state index in [1.54, 1.807) is 11.8 Å². The van der Waals surface area contributed by atoms with Crippen LogP contribution >= 0.6 is 22.7 Å². The zero-order chi connectivity index (χ0) is 23.8. The molecule has 3 heterocycles. The van der Waals surface area contributed by atoms with Crippen molar-refractivity contribution in [3.63, 3.8) is 0 Å². The zero-order valence-electron chi connectivity index (χ0n) is 17.8. The van der Waals surface area contributed by atoms with Crippen LogP contribution in [0.4, 0.5) is 23.1 Å². The summed E-state index contributed by atoms with van der Waals surface area (Å²) in [6.45, 7) is 4.89. The second-order valence-electron chi connectivity index (χ2n) is 7.50. The maximum atomic E-state index is 12.9. The Labute approximate surface area is 195 Å². The average Bonchev–Trinajstić information content (AvgIpc) is 3.45. The lowest BCUT2D eigenvalue weighted by atomic mass is 10.1. The fraction of sp³-hybridized carbons (Fsp3) is 0.333. The first kappa shape index (κ1) is 23.2. The quantitative estimate of drug-likeness (QED) is 0.542. The number of hydrogen-bond donors (Lipinski definition) is 1. The highest BCUT2D eigenvalue weighted by atomic mass is 32.1. The molecular formula is C21H20F3N5O2S2. The number of anilines is 1. The van der Waals surface area contributed by atoms with E-state index >= 15 is 0 Å². The van der Waals surface area contributed by atoms with Gasteiger partial charge < -0.3 is 10.2 Å². The molecule has 0 bridgehead atoms. The van der Waals surface area contributed by atoms with Gasteiger partial charge in [0.15, 0.2) is 5.13 Å². The Morgan fingerprint density at radius 2 is 1.88 bits per heavy atom. The molecule has 3 aromatic rings. The summed E-state index contributed by atoms with van der Waals surface area (Å²) in [5.74, 6) is -0.282. The van der Waals surface area contributed by atoms with Crippen molar-refractivity contribution in [2.75, 3.05) is 18.0 Å². The number of alkyl halides is 3. The molecule has 0 atom stereocenters. The molecule has 0 spiro atoms. The van der Waals surface area contributed by atoms with Crippen LogP contribution in [0.3, 0.4) is 0 Å². The highest BCUT2D eigenvalue weighted by molar-refractivity contribution is 7.17. The number of amides is 3. The van der Waals surface area contributed by atoms with Crippen molar-refractivity contribution in [3.05, 3.63) is 62.0 Å². The normalized spacial score (nSPS) is 14.3. The Bertz CT molecular complexity index is 1170. The van der Waals surface area contributed by atoms with Crippen molar-refractivity contribution in [1.29, 1.82) is 0 Å². The van der Waals surface area contributed by atoms with Gasteiger partial charge in [-0.3, -0.25) is 9.69 Å². The third-order valence-corrected chi connectivity index (χ3v) is 7.07. The van der Waals surface area contributed by atoms with E-state index in [2.05, 4.69) is 15.3 Å². The molecule has 3 amide bonds. The number of hydrogen-bond acceptors (Lipinski definition) is 6. The first-order valence-corrected chi connectivity index (χ1v) is 11.7. The average molecular weight is 496 g/mol. The second-order valence-corrected chi connectivity index (χ2v) is 9.54. The van der Waals surface area contributed by atoms with E-state index in [9.17, 15) is 22.8 Å². The van der Waals surface area contributed by atoms with Gasteiger partial charge in [-0.2, -0.15) is 13.2 Å². The molecule has 1 aliphatic heterocycles. The molecule has 1 aliphatic rings. The topological polar surface area (TPSA) is 78.4 Å². The maximum absolute atomic E-state index is 12.9. The molecule has 1 fully saturated rings. The van der Waals surface area contributed by atoms with Crippen LogP contribution in [0.5, 0.6) is 0 Å². The largest absolute Gasteiger partial charge is 0.416 e. The van der Waals surface area contributed by atoms with Crippen molar-refractivity contribution in [2.24, 2.45) is 0 Å². The van der Waals surface area contributed by atoms with E-state index in [1.807, 2.05) is 12.3 Å². The van der Waals surface area contributed by atoms with Gasteiger partial charge in [0.1, 0.15) is 4.88 Å². The third kappa shape index (κ3) is 5.17. The molecule has 1 N–H and O–H groups in total. The minimum absolute atomic E-state index is 0.193. The molecule has 1 saturated heterocycles. The number of carbonyl (C=O) groups excluding carboxylic acids is 2. The van der Waals surface area contributed by atoms with Crippen LogP contribution in [-0.4, -0.2) is 39.9 Å². The number of aromatic nitrogens is 2. The van der Waals surface area contributed by atoms with Crippen molar-refractivity contribution in [1.82, 2.24) is 20.2 Å². The molecule has 0 aliphatic carbocycles. The summed E-state index contributed by atoms with van der Waals surface area (Å²) in [4.78, 5) is 37.6. The number of thiazole rings is 2. The lowest BCUT2D eigenvalue weighted by Crippen LogP contribution is -2.31. The highest BCUT2D eigenvalue weighted by Crippen LogP contribution is 2.31. The number of nitrogens with zero attached hydrogens (tertiary/aromatic N) is 4. The molecule has 4 rings (SSSR count). The lowest BCUT2D eigenvalue weighted by Gasteiger charge is -2.17. The Kier molecular flexibility index (Phi) is 6.39. The molecule has 7 nitrogen and oxygen atoms in total. The van der Waals surface area contributed by atoms with Gasteiger partial charge in [0, 0.05) is 25.0 Å². The Balaban J connectivity index is 1.39. The standard InChI is InChI=1S/C21H20F3N5O2S2/c1-12-17(18(30)25-9-16-11-32-13(2)27-16)33-19(26-12)29-8-7-28(20(29)31)10-14-3-5-15(6-4-14)21(22,23)24/h3-6,11H,7-10H2,1-2H3,(H,25,30). The summed E-state index contributed by atoms with van der Waals surface area (Å²) in [7, 11) is 0. The van der Waals surface area contributed by atoms with Gasteiger partial charge in [-0.05, 0) is 31.5 Å². The van der Waals surface area contributed by atoms with Crippen LogP contribution in [0.2, 0.25) is 0 Å². The predicted octanol–water partition coefficient (Wildman–Crippen LogP) is 4.61. The van der Waals surface area contributed by atoms with Gasteiger partial charge in [-0.15, -0.1) is 11.3 Å². The summed E-state index contributed by atoms with van der Waals surface area (Å²) >= 11 is 2.64. The van der Waals surface area contributed by atoms with Crippen molar-refractivity contribution < 1.29 is 22.8 Å². The van der Waals surface area contributed by atoms with Crippen LogP contribution in [0.15, 0.2) is 29.6 Å². The van der Waals surface area contributed by atoms with Gasteiger partial charge >= 0.3 is 12.2 Å². The summed E-state index contributed by atoms with van der Waals surface area (Å²) in [5, 5.41) is 6.05. The van der Waals surface area contributed by atoms with Crippen LogP contribution in [0, 0.1) is 13.8 Å². The molecule has 1 aromatic carbocycles. The van der Waals surface area contributed by atoms with Crippen LogP contribution < -0.4 is 10.2 Å². The van der Waals surface area contributed by atoms with Crippen LogP contribution in [0.1, 0.15) is 37.2 Å². The second kappa shape index (κ2) is 9.10. The summed E-state index contributed by atoms with van der Waals surface area (Å²) in [6, 6.07) is 4.47. The SMILES string of the molecule is Cc1nc(CNC(=O)c2sc(N3CCN(Cc4ccc(C(F)(F)F)cc4)C3=O)nc2C)cs1. The van der Waals surface area contributed by atoms with Gasteiger partial charge in [-0.1, -0.05) is 23.5 Å². The summed E-state index contributed by atoms with van der Waals surface area (Å²) < 4.78 is 38.2. The molecule has 2 aromatic heterocycles. The van der Waals surface area contributed by atoms with Crippen molar-refractivity contribution in [3.8, 4) is 0 Å². The number of aryl methyl sites for hydroxylation is 2. The van der Waals surface area contributed by atoms with Gasteiger partial charge in [-0.25, -0.2) is 14.8 Å². The molecule has 0 saturated carbocycles. The Morgan fingerprint density at radius 3 is 2.52 bits per heavy atom. The first-order valence-electron chi connectivity index (χ1n) is 10.0. The molecule has 0 radical (unpaired) electrons. The minimum Gasteiger partial charge on any atom is -0.346 e. The van der Waals surface area contributed by atoms with Gasteiger partial charge in [0.25, 0.3) is 5.91 Å². The smallest absolute Gasteiger partial charge is 0.346 e.